The van der Waals surface area contributed by atoms with E-state index in [1.54, 1.807) is 6.20 Å². The molecule has 15 heavy (non-hydrogen) atoms. The van der Waals surface area contributed by atoms with Crippen molar-refractivity contribution in [3.8, 4) is 0 Å². The first-order chi connectivity index (χ1) is 7.43. The molecular formula is C12H16NO2. The van der Waals surface area contributed by atoms with Gasteiger partial charge in [0.2, 0.25) is 0 Å². The molecule has 0 aromatic carbocycles. The molecule has 1 aromatic rings. The molecule has 0 aliphatic rings. The van der Waals surface area contributed by atoms with E-state index in [0.29, 0.717) is 6.61 Å². The van der Waals surface area contributed by atoms with Gasteiger partial charge in [0.25, 0.3) is 0 Å². The average Bonchev–Trinajstić information content (AvgIpc) is 2.29. The van der Waals surface area contributed by atoms with Gasteiger partial charge in [-0.15, -0.1) is 0 Å². The number of aryl methyl sites for hydroxylation is 1. The van der Waals surface area contributed by atoms with Gasteiger partial charge in [-0.1, -0.05) is 18.9 Å². The minimum atomic E-state index is 0.496. The zero-order valence-electron chi connectivity index (χ0n) is 8.82. The number of aromatic nitrogens is 1. The summed E-state index contributed by atoms with van der Waals surface area (Å²) in [7, 11) is 0. The maximum atomic E-state index is 9.72. The Morgan fingerprint density at radius 1 is 1.27 bits per heavy atom. The monoisotopic (exact) mass is 206 g/mol. The van der Waals surface area contributed by atoms with Gasteiger partial charge in [-0.05, 0) is 30.9 Å². The molecule has 3 heteroatoms. The fourth-order valence-electron chi connectivity index (χ4n) is 1.44. The smallest absolute Gasteiger partial charge is 0.417 e. The summed E-state index contributed by atoms with van der Waals surface area (Å²) in [5, 5.41) is 0. The minimum Gasteiger partial charge on any atom is -0.457 e. The Balaban J connectivity index is 1.95. The largest absolute Gasteiger partial charge is 0.457 e. The van der Waals surface area contributed by atoms with Crippen LogP contribution in [0, 0.1) is 0 Å². The van der Waals surface area contributed by atoms with Crippen LogP contribution in [0.3, 0.4) is 0 Å². The summed E-state index contributed by atoms with van der Waals surface area (Å²) in [4.78, 5) is 13.8. The fraction of sp³-hybridized carbons (Fsp3) is 0.500. The summed E-state index contributed by atoms with van der Waals surface area (Å²) in [5.41, 5.74) is 1.29. The zero-order valence-corrected chi connectivity index (χ0v) is 8.82. The molecule has 0 fully saturated rings. The molecule has 0 aliphatic carbocycles. The van der Waals surface area contributed by atoms with Gasteiger partial charge in [0.05, 0.1) is 6.61 Å². The highest BCUT2D eigenvalue weighted by atomic mass is 16.5. The summed E-state index contributed by atoms with van der Waals surface area (Å²) in [5.74, 6) is 0. The SMILES string of the molecule is O=[C]OCCCCCCc1cccnc1. The average molecular weight is 206 g/mol. The number of carbonyl (C=O) groups excluding carboxylic acids is 1. The Hall–Kier alpha value is -1.38. The van der Waals surface area contributed by atoms with Gasteiger partial charge < -0.3 is 4.74 Å². The van der Waals surface area contributed by atoms with E-state index in [0.717, 1.165) is 32.1 Å². The van der Waals surface area contributed by atoms with Gasteiger partial charge in [0, 0.05) is 12.4 Å². The van der Waals surface area contributed by atoms with Crippen LogP contribution in [0.5, 0.6) is 0 Å². The number of hydrogen-bond acceptors (Lipinski definition) is 3. The second kappa shape index (κ2) is 7.97. The van der Waals surface area contributed by atoms with E-state index in [1.807, 2.05) is 12.3 Å². The molecule has 1 aromatic heterocycles. The van der Waals surface area contributed by atoms with E-state index in [4.69, 9.17) is 0 Å². The number of unbranched alkanes of at least 4 members (excludes halogenated alkanes) is 3. The fourth-order valence-corrected chi connectivity index (χ4v) is 1.44. The summed E-state index contributed by atoms with van der Waals surface area (Å²) >= 11 is 0. The molecule has 1 heterocycles. The summed E-state index contributed by atoms with van der Waals surface area (Å²) in [6, 6.07) is 4.06. The molecule has 3 nitrogen and oxygen atoms in total. The third kappa shape index (κ3) is 5.83. The van der Waals surface area contributed by atoms with E-state index in [1.165, 1.54) is 12.0 Å². The van der Waals surface area contributed by atoms with Crippen molar-refractivity contribution in [1.82, 2.24) is 4.98 Å². The van der Waals surface area contributed by atoms with Gasteiger partial charge in [0.1, 0.15) is 0 Å². The van der Waals surface area contributed by atoms with Crippen LogP contribution in [-0.4, -0.2) is 18.1 Å². The van der Waals surface area contributed by atoms with Crippen molar-refractivity contribution in [3.05, 3.63) is 30.1 Å². The van der Waals surface area contributed by atoms with E-state index in [2.05, 4.69) is 15.8 Å². The molecule has 0 saturated carbocycles. The van der Waals surface area contributed by atoms with Gasteiger partial charge in [-0.3, -0.25) is 4.98 Å². The van der Waals surface area contributed by atoms with Crippen LogP contribution in [0.1, 0.15) is 31.2 Å². The van der Waals surface area contributed by atoms with E-state index < -0.39 is 0 Å². The maximum Gasteiger partial charge on any atom is 0.417 e. The molecule has 0 spiro atoms. The molecule has 0 bridgehead atoms. The van der Waals surface area contributed by atoms with E-state index in [-0.39, 0.29) is 0 Å². The van der Waals surface area contributed by atoms with Crippen LogP contribution in [-0.2, 0) is 16.0 Å². The third-order valence-corrected chi connectivity index (χ3v) is 2.24. The van der Waals surface area contributed by atoms with Gasteiger partial charge >= 0.3 is 6.47 Å². The van der Waals surface area contributed by atoms with Crippen LogP contribution in [0.15, 0.2) is 24.5 Å². The second-order valence-corrected chi connectivity index (χ2v) is 3.46. The number of hydrogen-bond donors (Lipinski definition) is 0. The number of pyridine rings is 1. The highest BCUT2D eigenvalue weighted by Crippen LogP contribution is 2.06. The van der Waals surface area contributed by atoms with Gasteiger partial charge in [0.15, 0.2) is 0 Å². The van der Waals surface area contributed by atoms with Gasteiger partial charge in [-0.25, -0.2) is 4.79 Å². The van der Waals surface area contributed by atoms with Crippen molar-refractivity contribution >= 4 is 6.47 Å². The molecule has 1 radical (unpaired) electrons. The lowest BCUT2D eigenvalue weighted by Gasteiger charge is -2.00. The Morgan fingerprint density at radius 2 is 2.13 bits per heavy atom. The molecule has 0 amide bonds. The molecule has 0 N–H and O–H groups in total. The standard InChI is InChI=1S/C12H16NO2/c14-11-15-9-4-2-1-3-6-12-7-5-8-13-10-12/h5,7-8,10H,1-4,6,9H2. The molecule has 0 atom stereocenters. The van der Waals surface area contributed by atoms with Crippen molar-refractivity contribution < 1.29 is 9.53 Å². The Kier molecular flexibility index (Phi) is 6.21. The van der Waals surface area contributed by atoms with Crippen LogP contribution < -0.4 is 0 Å². The van der Waals surface area contributed by atoms with Crippen LogP contribution in [0.2, 0.25) is 0 Å². The first-order valence-electron chi connectivity index (χ1n) is 5.31. The normalized spacial score (nSPS) is 9.87. The van der Waals surface area contributed by atoms with Gasteiger partial charge in [-0.2, -0.15) is 0 Å². The van der Waals surface area contributed by atoms with Crippen LogP contribution in [0.25, 0.3) is 0 Å². The first kappa shape index (κ1) is 11.7. The predicted octanol–water partition coefficient (Wildman–Crippen LogP) is 2.27. The Morgan fingerprint density at radius 3 is 2.87 bits per heavy atom. The maximum absolute atomic E-state index is 9.72. The highest BCUT2D eigenvalue weighted by molar-refractivity contribution is 5.37. The highest BCUT2D eigenvalue weighted by Gasteiger charge is 1.93. The lowest BCUT2D eigenvalue weighted by Crippen LogP contribution is -1.92. The molecule has 1 rings (SSSR count). The van der Waals surface area contributed by atoms with Crippen molar-refractivity contribution in [2.45, 2.75) is 32.1 Å². The summed E-state index contributed by atoms with van der Waals surface area (Å²) < 4.78 is 4.48. The van der Waals surface area contributed by atoms with Crippen LogP contribution in [0.4, 0.5) is 0 Å². The second-order valence-electron chi connectivity index (χ2n) is 3.46. The lowest BCUT2D eigenvalue weighted by atomic mass is 10.1. The first-order valence-corrected chi connectivity index (χ1v) is 5.31. The quantitative estimate of drug-likeness (QED) is 0.612. The molecule has 0 aliphatic heterocycles. The van der Waals surface area contributed by atoms with E-state index >= 15 is 0 Å². The van der Waals surface area contributed by atoms with Crippen molar-refractivity contribution in [3.63, 3.8) is 0 Å². The Labute approximate surface area is 90.5 Å². The van der Waals surface area contributed by atoms with Crippen molar-refractivity contribution in [1.29, 1.82) is 0 Å². The van der Waals surface area contributed by atoms with Crippen molar-refractivity contribution in [2.75, 3.05) is 6.61 Å². The van der Waals surface area contributed by atoms with Crippen molar-refractivity contribution in [2.24, 2.45) is 0 Å². The molecule has 81 valence electrons. The molecule has 0 unspecified atom stereocenters. The summed E-state index contributed by atoms with van der Waals surface area (Å²) in [6.45, 7) is 1.92. The number of ether oxygens (including phenoxy) is 1. The zero-order chi connectivity index (χ0) is 10.8. The Bertz CT molecular complexity index is 262. The lowest BCUT2D eigenvalue weighted by molar-refractivity contribution is 0.269. The minimum absolute atomic E-state index is 0.496. The van der Waals surface area contributed by atoms with Crippen LogP contribution >= 0.6 is 0 Å². The van der Waals surface area contributed by atoms with E-state index in [9.17, 15) is 4.79 Å². The molecule has 0 saturated heterocycles. The third-order valence-electron chi connectivity index (χ3n) is 2.24. The number of nitrogens with zero attached hydrogens (tertiary/aromatic N) is 1. The topological polar surface area (TPSA) is 39.2 Å². The summed E-state index contributed by atoms with van der Waals surface area (Å²) in [6.07, 6.45) is 9.13. The predicted molar refractivity (Wildman–Crippen MR) is 58.1 cm³/mol. The number of rotatable bonds is 8. The molecular weight excluding hydrogens is 190 g/mol.